The van der Waals surface area contributed by atoms with E-state index in [0.29, 0.717) is 30.0 Å². The van der Waals surface area contributed by atoms with Crippen molar-refractivity contribution in [1.29, 1.82) is 0 Å². The van der Waals surface area contributed by atoms with Crippen LogP contribution in [0.15, 0.2) is 51.4 Å². The molecule has 3 heterocycles. The molecule has 32 heavy (non-hydrogen) atoms. The molecule has 0 atom stereocenters. The van der Waals surface area contributed by atoms with Crippen LogP contribution in [0.3, 0.4) is 0 Å². The van der Waals surface area contributed by atoms with E-state index in [9.17, 15) is 9.59 Å². The number of benzene rings is 1. The van der Waals surface area contributed by atoms with Crippen LogP contribution >= 0.6 is 11.8 Å². The van der Waals surface area contributed by atoms with E-state index in [1.54, 1.807) is 10.9 Å². The third-order valence-corrected chi connectivity index (χ3v) is 6.26. The van der Waals surface area contributed by atoms with Gasteiger partial charge in [-0.15, -0.1) is 10.2 Å². The van der Waals surface area contributed by atoms with Crippen molar-refractivity contribution in [1.82, 2.24) is 33.9 Å². The third kappa shape index (κ3) is 4.40. The number of aromatic nitrogens is 7. The van der Waals surface area contributed by atoms with Crippen molar-refractivity contribution in [2.75, 3.05) is 0 Å². The first-order valence-electron chi connectivity index (χ1n) is 10.8. The highest BCUT2D eigenvalue weighted by molar-refractivity contribution is 7.98. The molecule has 0 unspecified atom stereocenters. The lowest BCUT2D eigenvalue weighted by Crippen LogP contribution is -2.31. The molecule has 3 aromatic heterocycles. The van der Waals surface area contributed by atoms with Gasteiger partial charge in [-0.2, -0.15) is 0 Å². The first-order chi connectivity index (χ1) is 15.5. The first kappa shape index (κ1) is 22.1. The fraction of sp³-hybridized carbons (Fsp3) is 0.409. The highest BCUT2D eigenvalue weighted by Crippen LogP contribution is 2.24. The maximum absolute atomic E-state index is 12.8. The Hall–Kier alpha value is -3.14. The van der Waals surface area contributed by atoms with E-state index in [-0.39, 0.29) is 6.04 Å². The summed E-state index contributed by atoms with van der Waals surface area (Å²) in [6, 6.07) is 9.93. The lowest BCUT2D eigenvalue weighted by Gasteiger charge is -2.10. The van der Waals surface area contributed by atoms with Crippen LogP contribution in [-0.4, -0.2) is 33.9 Å². The Bertz CT molecular complexity index is 1320. The molecule has 9 nitrogen and oxygen atoms in total. The van der Waals surface area contributed by atoms with Gasteiger partial charge >= 0.3 is 5.69 Å². The lowest BCUT2D eigenvalue weighted by atomic mass is 10.2. The van der Waals surface area contributed by atoms with Crippen molar-refractivity contribution in [3.05, 3.63) is 68.9 Å². The molecule has 0 radical (unpaired) electrons. The molecule has 0 amide bonds. The van der Waals surface area contributed by atoms with Gasteiger partial charge in [0.05, 0.1) is 12.3 Å². The van der Waals surface area contributed by atoms with E-state index in [2.05, 4.69) is 36.0 Å². The second-order valence-electron chi connectivity index (χ2n) is 7.94. The average molecular weight is 454 g/mol. The number of hydrogen-bond donors (Lipinski definition) is 1. The fourth-order valence-electron chi connectivity index (χ4n) is 3.62. The molecule has 0 spiro atoms. The van der Waals surface area contributed by atoms with Crippen LogP contribution in [0.4, 0.5) is 0 Å². The highest BCUT2D eigenvalue weighted by Gasteiger charge is 2.19. The molecule has 168 valence electrons. The van der Waals surface area contributed by atoms with E-state index in [4.69, 9.17) is 4.98 Å². The summed E-state index contributed by atoms with van der Waals surface area (Å²) in [6.45, 7) is 7.25. The summed E-state index contributed by atoms with van der Waals surface area (Å²) in [6.07, 6.45) is 3.60. The maximum atomic E-state index is 12.8. The van der Waals surface area contributed by atoms with Crippen LogP contribution in [-0.2, 0) is 18.8 Å². The molecular weight excluding hydrogens is 426 g/mol. The largest absolute Gasteiger partial charge is 0.330 e. The maximum Gasteiger partial charge on any atom is 0.330 e. The minimum atomic E-state index is -0.453. The van der Waals surface area contributed by atoms with Gasteiger partial charge in [-0.1, -0.05) is 55.4 Å². The van der Waals surface area contributed by atoms with Gasteiger partial charge in [0.2, 0.25) is 0 Å². The fourth-order valence-corrected chi connectivity index (χ4v) is 4.61. The zero-order valence-corrected chi connectivity index (χ0v) is 19.3. The van der Waals surface area contributed by atoms with E-state index < -0.39 is 11.2 Å². The molecule has 4 aromatic rings. The quantitative estimate of drug-likeness (QED) is 0.390. The molecule has 1 N–H and O–H groups in total. The summed E-state index contributed by atoms with van der Waals surface area (Å²) in [5.41, 5.74) is 0.964. The van der Waals surface area contributed by atoms with Gasteiger partial charge in [0, 0.05) is 12.6 Å². The number of rotatable bonds is 9. The summed E-state index contributed by atoms with van der Waals surface area (Å²) in [5.74, 6) is 1.26. The smallest absolute Gasteiger partial charge is 0.321 e. The van der Waals surface area contributed by atoms with Crippen molar-refractivity contribution in [2.45, 2.75) is 63.7 Å². The molecule has 0 saturated carbocycles. The summed E-state index contributed by atoms with van der Waals surface area (Å²) in [4.78, 5) is 32.8. The Morgan fingerprint density at radius 2 is 1.91 bits per heavy atom. The molecule has 0 bridgehead atoms. The average Bonchev–Trinajstić information content (AvgIpc) is 3.39. The van der Waals surface area contributed by atoms with Crippen LogP contribution in [0.25, 0.3) is 11.2 Å². The number of hydrogen-bond acceptors (Lipinski definition) is 6. The van der Waals surface area contributed by atoms with Crippen LogP contribution in [0.2, 0.25) is 0 Å². The molecule has 0 aliphatic carbocycles. The second-order valence-corrected chi connectivity index (χ2v) is 8.88. The SMILES string of the molecule is CCCCn1c(CSc2nncn2C(C)C)nc2c1c(=O)[nH]c(=O)n2Cc1ccccc1. The van der Waals surface area contributed by atoms with Crippen molar-refractivity contribution in [3.8, 4) is 0 Å². The van der Waals surface area contributed by atoms with Crippen molar-refractivity contribution >= 4 is 22.9 Å². The molecule has 4 rings (SSSR count). The number of nitrogens with zero attached hydrogens (tertiary/aromatic N) is 6. The third-order valence-electron chi connectivity index (χ3n) is 5.31. The number of imidazole rings is 1. The molecule has 1 aromatic carbocycles. The number of unbranched alkanes of at least 4 members (excludes halogenated alkanes) is 1. The Morgan fingerprint density at radius 3 is 2.62 bits per heavy atom. The van der Waals surface area contributed by atoms with Crippen LogP contribution in [0.5, 0.6) is 0 Å². The van der Waals surface area contributed by atoms with E-state index >= 15 is 0 Å². The number of fused-ring (bicyclic) bond motifs is 1. The van der Waals surface area contributed by atoms with Crippen molar-refractivity contribution in [3.63, 3.8) is 0 Å². The van der Waals surface area contributed by atoms with E-state index in [0.717, 1.165) is 29.4 Å². The molecule has 0 saturated heterocycles. The zero-order valence-electron chi connectivity index (χ0n) is 18.5. The second kappa shape index (κ2) is 9.56. The summed E-state index contributed by atoms with van der Waals surface area (Å²) in [7, 11) is 0. The summed E-state index contributed by atoms with van der Waals surface area (Å²) >= 11 is 1.52. The van der Waals surface area contributed by atoms with Gasteiger partial charge < -0.3 is 9.13 Å². The van der Waals surface area contributed by atoms with Crippen LogP contribution in [0.1, 0.15) is 51.0 Å². The molecular formula is C22H27N7O2S. The molecule has 0 aliphatic heterocycles. The van der Waals surface area contributed by atoms with Crippen molar-refractivity contribution < 1.29 is 0 Å². The highest BCUT2D eigenvalue weighted by atomic mass is 32.2. The van der Waals surface area contributed by atoms with E-state index in [1.807, 2.05) is 39.5 Å². The molecule has 10 heteroatoms. The number of aryl methyl sites for hydroxylation is 1. The van der Waals surface area contributed by atoms with E-state index in [1.165, 1.54) is 11.8 Å². The summed E-state index contributed by atoms with van der Waals surface area (Å²) < 4.78 is 5.49. The van der Waals surface area contributed by atoms with Crippen LogP contribution in [0, 0.1) is 0 Å². The van der Waals surface area contributed by atoms with Gasteiger partial charge in [0.1, 0.15) is 12.2 Å². The number of H-pyrrole nitrogens is 1. The Morgan fingerprint density at radius 1 is 1.12 bits per heavy atom. The topological polar surface area (TPSA) is 103 Å². The normalized spacial score (nSPS) is 11.6. The van der Waals surface area contributed by atoms with Gasteiger partial charge in [-0.05, 0) is 25.8 Å². The standard InChI is InChI=1S/C22H27N7O2S/c1-4-5-11-27-17(13-32-22-26-23-14-29(22)15(2)3)24-19-18(27)20(30)25-21(31)28(19)12-16-9-7-6-8-10-16/h6-10,14-15H,4-5,11-13H2,1-3H3,(H,25,30,31). The predicted molar refractivity (Wildman–Crippen MR) is 125 cm³/mol. The first-order valence-corrected chi connectivity index (χ1v) is 11.8. The minimum Gasteiger partial charge on any atom is -0.321 e. The summed E-state index contributed by atoms with van der Waals surface area (Å²) in [5, 5.41) is 9.04. The van der Waals surface area contributed by atoms with Gasteiger partial charge in [0.15, 0.2) is 16.3 Å². The Labute approximate surface area is 189 Å². The number of aromatic amines is 1. The van der Waals surface area contributed by atoms with Gasteiger partial charge in [0.25, 0.3) is 5.56 Å². The Balaban J connectivity index is 1.78. The van der Waals surface area contributed by atoms with Gasteiger partial charge in [-0.3, -0.25) is 14.3 Å². The predicted octanol–water partition coefficient (Wildman–Crippen LogP) is 3.20. The van der Waals surface area contributed by atoms with Gasteiger partial charge in [-0.25, -0.2) is 9.78 Å². The molecule has 0 aliphatic rings. The molecule has 0 fully saturated rings. The lowest BCUT2D eigenvalue weighted by molar-refractivity contribution is 0.549. The monoisotopic (exact) mass is 453 g/mol. The van der Waals surface area contributed by atoms with Crippen molar-refractivity contribution in [2.24, 2.45) is 0 Å². The Kier molecular flexibility index (Phi) is 6.59. The number of thioether (sulfide) groups is 1. The van der Waals surface area contributed by atoms with Crippen LogP contribution < -0.4 is 11.2 Å². The zero-order chi connectivity index (χ0) is 22.7. The minimum absolute atomic E-state index is 0.241. The number of nitrogens with one attached hydrogen (secondary N) is 1.